The Balaban J connectivity index is 2.28. The number of nitrogens with zero attached hydrogens (tertiary/aromatic N) is 2. The van der Waals surface area contributed by atoms with Gasteiger partial charge in [0.25, 0.3) is 10.0 Å². The van der Waals surface area contributed by atoms with Crippen LogP contribution in [0.2, 0.25) is 0 Å². The Labute approximate surface area is 111 Å². The Morgan fingerprint density at radius 1 is 1.63 bits per heavy atom. The van der Waals surface area contributed by atoms with Crippen LogP contribution in [-0.2, 0) is 14.8 Å². The van der Waals surface area contributed by atoms with Crippen molar-refractivity contribution in [2.24, 2.45) is 5.73 Å². The van der Waals surface area contributed by atoms with Crippen LogP contribution in [0, 0.1) is 5.82 Å². The van der Waals surface area contributed by atoms with Crippen molar-refractivity contribution in [2.75, 3.05) is 19.7 Å². The van der Waals surface area contributed by atoms with Crippen molar-refractivity contribution in [1.29, 1.82) is 0 Å². The van der Waals surface area contributed by atoms with E-state index in [1.165, 1.54) is 12.3 Å². The summed E-state index contributed by atoms with van der Waals surface area (Å²) in [4.78, 5) is 3.62. The van der Waals surface area contributed by atoms with Gasteiger partial charge in [-0.1, -0.05) is 0 Å². The van der Waals surface area contributed by atoms with Crippen molar-refractivity contribution in [3.63, 3.8) is 0 Å². The van der Waals surface area contributed by atoms with Crippen LogP contribution in [-0.4, -0.2) is 49.5 Å². The molecule has 1 saturated heterocycles. The summed E-state index contributed by atoms with van der Waals surface area (Å²) in [5.41, 5.74) is 5.71. The summed E-state index contributed by atoms with van der Waals surface area (Å²) in [6, 6.07) is 2.12. The lowest BCUT2D eigenvalue weighted by Crippen LogP contribution is -2.51. The number of hydrogen-bond acceptors (Lipinski definition) is 5. The molecule has 0 amide bonds. The summed E-state index contributed by atoms with van der Waals surface area (Å²) in [6.07, 6.45) is 0.856. The van der Waals surface area contributed by atoms with Gasteiger partial charge >= 0.3 is 0 Å². The highest BCUT2D eigenvalue weighted by Crippen LogP contribution is 2.19. The lowest BCUT2D eigenvalue weighted by Gasteiger charge is -2.33. The normalized spacial score (nSPS) is 23.2. The first-order chi connectivity index (χ1) is 8.93. The summed E-state index contributed by atoms with van der Waals surface area (Å²) in [5, 5.41) is -0.555. The maximum Gasteiger partial charge on any atom is 0.263 e. The van der Waals surface area contributed by atoms with Crippen LogP contribution in [0.5, 0.6) is 0 Å². The molecule has 0 aliphatic carbocycles. The summed E-state index contributed by atoms with van der Waals surface area (Å²) >= 11 is 0. The summed E-state index contributed by atoms with van der Waals surface area (Å²) in [6.45, 7) is 2.25. The molecule has 2 N–H and O–H groups in total. The number of halogens is 1. The Bertz CT molecular complexity index is 550. The lowest BCUT2D eigenvalue weighted by molar-refractivity contribution is -0.0121. The predicted molar refractivity (Wildman–Crippen MR) is 66.3 cm³/mol. The molecule has 0 spiro atoms. The number of morpholine rings is 1. The topological polar surface area (TPSA) is 85.5 Å². The summed E-state index contributed by atoms with van der Waals surface area (Å²) < 4.78 is 44.7. The molecule has 2 heterocycles. The highest BCUT2D eigenvalue weighted by atomic mass is 32.2. The van der Waals surface area contributed by atoms with E-state index in [4.69, 9.17) is 10.5 Å². The second kappa shape index (κ2) is 5.49. The van der Waals surface area contributed by atoms with E-state index in [0.717, 1.165) is 10.4 Å². The molecule has 2 rings (SSSR count). The molecule has 1 aromatic rings. The molecule has 1 aliphatic rings. The number of aromatic nitrogens is 1. The zero-order valence-electron chi connectivity index (χ0n) is 10.5. The van der Waals surface area contributed by atoms with Crippen molar-refractivity contribution in [2.45, 2.75) is 24.1 Å². The largest absolute Gasteiger partial charge is 0.374 e. The molecule has 6 nitrogen and oxygen atoms in total. The van der Waals surface area contributed by atoms with Crippen LogP contribution in [0.1, 0.15) is 6.92 Å². The third kappa shape index (κ3) is 2.92. The number of nitrogens with two attached hydrogens (primary N) is 1. The Kier molecular flexibility index (Phi) is 4.14. The highest BCUT2D eigenvalue weighted by Gasteiger charge is 2.34. The fourth-order valence-corrected chi connectivity index (χ4v) is 3.28. The highest BCUT2D eigenvalue weighted by molar-refractivity contribution is 7.89. The lowest BCUT2D eigenvalue weighted by atomic mass is 10.2. The van der Waals surface area contributed by atoms with Gasteiger partial charge in [-0.2, -0.15) is 4.31 Å². The van der Waals surface area contributed by atoms with Gasteiger partial charge in [0.2, 0.25) is 5.03 Å². The van der Waals surface area contributed by atoms with Gasteiger partial charge in [0.1, 0.15) is 0 Å². The van der Waals surface area contributed by atoms with Gasteiger partial charge in [-0.05, 0) is 19.1 Å². The Hall–Kier alpha value is -1.09. The maximum absolute atomic E-state index is 13.6. The van der Waals surface area contributed by atoms with Crippen LogP contribution < -0.4 is 5.73 Å². The Morgan fingerprint density at radius 2 is 2.37 bits per heavy atom. The molecule has 0 bridgehead atoms. The first-order valence-corrected chi connectivity index (χ1v) is 7.35. The van der Waals surface area contributed by atoms with Crippen molar-refractivity contribution < 1.29 is 17.5 Å². The first kappa shape index (κ1) is 14.3. The van der Waals surface area contributed by atoms with Crippen molar-refractivity contribution in [1.82, 2.24) is 9.29 Å². The molecule has 106 valence electrons. The second-order valence-corrected chi connectivity index (χ2v) is 6.28. The summed E-state index contributed by atoms with van der Waals surface area (Å²) in [5.74, 6) is -0.855. The van der Waals surface area contributed by atoms with Crippen LogP contribution in [0.3, 0.4) is 0 Å². The number of sulfonamides is 1. The van der Waals surface area contributed by atoms with E-state index in [0.29, 0.717) is 0 Å². The van der Waals surface area contributed by atoms with E-state index < -0.39 is 27.0 Å². The number of rotatable bonds is 3. The average molecular weight is 289 g/mol. The van der Waals surface area contributed by atoms with E-state index in [2.05, 4.69) is 4.98 Å². The molecule has 0 saturated carbocycles. The van der Waals surface area contributed by atoms with E-state index in [9.17, 15) is 12.8 Å². The monoisotopic (exact) mass is 289 g/mol. The smallest absolute Gasteiger partial charge is 0.263 e. The van der Waals surface area contributed by atoms with E-state index >= 15 is 0 Å². The van der Waals surface area contributed by atoms with Gasteiger partial charge in [0.05, 0.1) is 12.7 Å². The minimum absolute atomic E-state index is 0.107. The van der Waals surface area contributed by atoms with Gasteiger partial charge in [0, 0.05) is 25.3 Å². The molecule has 19 heavy (non-hydrogen) atoms. The van der Waals surface area contributed by atoms with Crippen LogP contribution in [0.25, 0.3) is 0 Å². The Morgan fingerprint density at radius 3 is 3.00 bits per heavy atom. The molecule has 8 heteroatoms. The standard InChI is InChI=1S/C11H16FN3O3S/c1-8(13)10-7-15(5-6-18-10)19(16,17)11-9(12)3-2-4-14-11/h2-4,8,10H,5-7,13H2,1H3. The molecule has 0 aromatic carbocycles. The third-order valence-electron chi connectivity index (χ3n) is 2.95. The SMILES string of the molecule is CC(N)C1CN(S(=O)(=O)c2ncccc2F)CCO1. The number of ether oxygens (including phenoxy) is 1. The molecule has 0 radical (unpaired) electrons. The molecular weight excluding hydrogens is 273 g/mol. The maximum atomic E-state index is 13.6. The van der Waals surface area contributed by atoms with E-state index in [1.807, 2.05) is 0 Å². The van der Waals surface area contributed by atoms with E-state index in [1.54, 1.807) is 6.92 Å². The van der Waals surface area contributed by atoms with Crippen LogP contribution in [0.4, 0.5) is 4.39 Å². The fourth-order valence-electron chi connectivity index (χ4n) is 1.87. The van der Waals surface area contributed by atoms with Gasteiger partial charge < -0.3 is 10.5 Å². The first-order valence-electron chi connectivity index (χ1n) is 5.91. The minimum atomic E-state index is -3.95. The van der Waals surface area contributed by atoms with E-state index in [-0.39, 0.29) is 25.7 Å². The number of hydrogen-bond donors (Lipinski definition) is 1. The van der Waals surface area contributed by atoms with Crippen LogP contribution >= 0.6 is 0 Å². The van der Waals surface area contributed by atoms with Crippen molar-refractivity contribution in [3.05, 3.63) is 24.1 Å². The average Bonchev–Trinajstić information content (AvgIpc) is 2.39. The van der Waals surface area contributed by atoms with Gasteiger partial charge in [-0.25, -0.2) is 17.8 Å². The quantitative estimate of drug-likeness (QED) is 0.843. The zero-order chi connectivity index (χ0) is 14.0. The molecule has 2 unspecified atom stereocenters. The molecule has 1 fully saturated rings. The molecule has 1 aromatic heterocycles. The number of pyridine rings is 1. The van der Waals surface area contributed by atoms with Crippen molar-refractivity contribution in [3.8, 4) is 0 Å². The fraction of sp³-hybridized carbons (Fsp3) is 0.545. The second-order valence-electron chi connectivity index (χ2n) is 4.42. The van der Waals surface area contributed by atoms with Gasteiger partial charge in [-0.3, -0.25) is 0 Å². The summed E-state index contributed by atoms with van der Waals surface area (Å²) in [7, 11) is -3.95. The third-order valence-corrected chi connectivity index (χ3v) is 4.75. The van der Waals surface area contributed by atoms with Crippen LogP contribution in [0.15, 0.2) is 23.4 Å². The molecule has 1 aliphatic heterocycles. The predicted octanol–water partition coefficient (Wildman–Crippen LogP) is -0.0426. The molecule has 2 atom stereocenters. The minimum Gasteiger partial charge on any atom is -0.374 e. The van der Waals surface area contributed by atoms with Gasteiger partial charge in [0.15, 0.2) is 5.82 Å². The molecular formula is C11H16FN3O3S. The van der Waals surface area contributed by atoms with Crippen molar-refractivity contribution >= 4 is 10.0 Å². The zero-order valence-corrected chi connectivity index (χ0v) is 11.3. The van der Waals surface area contributed by atoms with Gasteiger partial charge in [-0.15, -0.1) is 0 Å².